The quantitative estimate of drug-likeness (QED) is 0.126. The van der Waals surface area contributed by atoms with Gasteiger partial charge in [-0.3, -0.25) is 0 Å². The van der Waals surface area contributed by atoms with Crippen LogP contribution in [0.3, 0.4) is 0 Å². The molecule has 10 nitrogen and oxygen atoms in total. The van der Waals surface area contributed by atoms with Crippen molar-refractivity contribution in [2.75, 3.05) is 39.6 Å². The number of phenols is 1. The average Bonchev–Trinajstić information content (AvgIpc) is 3.09. The monoisotopic (exact) mass is 682 g/mol. The number of carbonyl (C=O) groups is 3. The first-order valence-corrected chi connectivity index (χ1v) is 16.8. The molecule has 0 amide bonds. The molecule has 10 heteroatoms. The van der Waals surface area contributed by atoms with Gasteiger partial charge in [-0.15, -0.1) is 0 Å². The Balaban J connectivity index is 1.68. The Labute approximate surface area is 291 Å². The molecular formula is C40H42O10. The minimum absolute atomic E-state index is 0.128. The summed E-state index contributed by atoms with van der Waals surface area (Å²) in [5, 5.41) is 11.6. The number of carbonyl (C=O) groups excluding carboxylic acids is 3. The van der Waals surface area contributed by atoms with Crippen LogP contribution < -0.4 is 14.2 Å². The molecule has 4 aromatic carbocycles. The molecule has 8 bridgehead atoms. The largest absolute Gasteiger partial charge is 0.507 e. The van der Waals surface area contributed by atoms with Gasteiger partial charge in [-0.2, -0.15) is 0 Å². The van der Waals surface area contributed by atoms with Crippen LogP contribution in [0.25, 0.3) is 0 Å². The Hall–Kier alpha value is -5.51. The lowest BCUT2D eigenvalue weighted by molar-refractivity contribution is -0.146. The van der Waals surface area contributed by atoms with E-state index < -0.39 is 17.9 Å². The smallest absolute Gasteiger partial charge is 0.344 e. The molecule has 5 rings (SSSR count). The summed E-state index contributed by atoms with van der Waals surface area (Å²) in [5.74, 6) is 0.128. The lowest BCUT2D eigenvalue weighted by Gasteiger charge is -2.21. The number of phenolic OH excluding ortho intramolecular Hbond substituents is 1. The first kappa shape index (κ1) is 35.8. The zero-order chi connectivity index (χ0) is 35.5. The molecule has 1 aliphatic rings. The van der Waals surface area contributed by atoms with Gasteiger partial charge in [0.15, 0.2) is 19.8 Å². The van der Waals surface area contributed by atoms with Crippen LogP contribution in [0, 0.1) is 0 Å². The predicted octanol–water partition coefficient (Wildman–Crippen LogP) is 5.89. The molecule has 4 aromatic rings. The van der Waals surface area contributed by atoms with Crippen molar-refractivity contribution in [2.45, 2.75) is 46.5 Å². The second-order valence-corrected chi connectivity index (χ2v) is 11.6. The van der Waals surface area contributed by atoms with Crippen LogP contribution in [-0.4, -0.2) is 62.7 Å². The number of esters is 3. The van der Waals surface area contributed by atoms with Crippen molar-refractivity contribution in [1.29, 1.82) is 0 Å². The van der Waals surface area contributed by atoms with E-state index in [1.54, 1.807) is 20.8 Å². The Kier molecular flexibility index (Phi) is 12.3. The number of hydrogen-bond donors (Lipinski definition) is 1. The molecule has 0 aliphatic heterocycles. The predicted molar refractivity (Wildman–Crippen MR) is 185 cm³/mol. The average molecular weight is 683 g/mol. The van der Waals surface area contributed by atoms with E-state index in [4.69, 9.17) is 28.4 Å². The van der Waals surface area contributed by atoms with E-state index in [-0.39, 0.29) is 45.4 Å². The zero-order valence-electron chi connectivity index (χ0n) is 28.6. The van der Waals surface area contributed by atoms with Gasteiger partial charge in [-0.25, -0.2) is 14.4 Å². The Morgan fingerprint density at radius 3 is 0.960 bits per heavy atom. The van der Waals surface area contributed by atoms with Gasteiger partial charge < -0.3 is 33.5 Å². The van der Waals surface area contributed by atoms with Crippen molar-refractivity contribution in [3.63, 3.8) is 0 Å². The van der Waals surface area contributed by atoms with E-state index in [1.807, 2.05) is 72.8 Å². The lowest BCUT2D eigenvalue weighted by Crippen LogP contribution is -2.18. The minimum Gasteiger partial charge on any atom is -0.507 e. The summed E-state index contributed by atoms with van der Waals surface area (Å²) < 4.78 is 34.0. The van der Waals surface area contributed by atoms with Crippen LogP contribution in [0.5, 0.6) is 23.0 Å². The number of aromatic hydroxyl groups is 1. The van der Waals surface area contributed by atoms with Gasteiger partial charge >= 0.3 is 17.9 Å². The third-order valence-electron chi connectivity index (χ3n) is 8.18. The van der Waals surface area contributed by atoms with E-state index in [0.717, 1.165) is 33.4 Å². The van der Waals surface area contributed by atoms with Crippen LogP contribution in [0.4, 0.5) is 0 Å². The summed E-state index contributed by atoms with van der Waals surface area (Å²) in [4.78, 5) is 37.3. The molecule has 0 saturated heterocycles. The number of rotatable bonds is 12. The minimum atomic E-state index is -0.503. The standard InChI is InChI=1S/C40H42O10/c1-4-45-34(41)23-48-38-28-13-8-15-30(38)21-32-17-10-18-33(40(32)50-25-36(43)47-6-3)22-31-16-9-14-29(39(31)49-24-35(42)46-5-2)20-27-12-7-11-26(19-28)37(27)44/h7-18,44H,4-6,19-25H2,1-3H3. The SMILES string of the molecule is CCOC(=O)COc1c2cccc1Cc1cccc(c1OCC(=O)OCC)Cc1cccc(c1OCC(=O)OCC)Cc1cccc(c1O)C2. The molecule has 0 atom stereocenters. The Morgan fingerprint density at radius 2 is 0.700 bits per heavy atom. The normalized spacial score (nSPS) is 12.0. The van der Waals surface area contributed by atoms with Crippen molar-refractivity contribution < 1.29 is 47.9 Å². The van der Waals surface area contributed by atoms with E-state index in [0.29, 0.717) is 54.1 Å². The summed E-state index contributed by atoms with van der Waals surface area (Å²) in [5.41, 5.74) is 5.94. The second-order valence-electron chi connectivity index (χ2n) is 11.6. The third-order valence-corrected chi connectivity index (χ3v) is 8.18. The van der Waals surface area contributed by atoms with Crippen molar-refractivity contribution in [1.82, 2.24) is 0 Å². The van der Waals surface area contributed by atoms with Gasteiger partial charge in [0.1, 0.15) is 23.0 Å². The topological polar surface area (TPSA) is 127 Å². The summed E-state index contributed by atoms with van der Waals surface area (Å²) >= 11 is 0. The van der Waals surface area contributed by atoms with E-state index in [2.05, 4.69) is 0 Å². The molecule has 0 fully saturated rings. The maximum absolute atomic E-state index is 12.5. The fraction of sp³-hybridized carbons (Fsp3) is 0.325. The number of fused-ring (bicyclic) bond motifs is 8. The molecule has 1 N–H and O–H groups in total. The van der Waals surface area contributed by atoms with Gasteiger partial charge in [0.25, 0.3) is 0 Å². The van der Waals surface area contributed by atoms with Gasteiger partial charge in [0.2, 0.25) is 0 Å². The first-order chi connectivity index (χ1) is 24.3. The van der Waals surface area contributed by atoms with E-state index >= 15 is 0 Å². The summed E-state index contributed by atoms with van der Waals surface area (Å²) in [6.45, 7) is 4.99. The van der Waals surface area contributed by atoms with Crippen LogP contribution in [0.2, 0.25) is 0 Å². The molecule has 0 radical (unpaired) electrons. The van der Waals surface area contributed by atoms with Crippen molar-refractivity contribution >= 4 is 17.9 Å². The van der Waals surface area contributed by atoms with Crippen molar-refractivity contribution in [2.24, 2.45) is 0 Å². The second kappa shape index (κ2) is 17.2. The Bertz CT molecular complexity index is 1720. The Morgan fingerprint density at radius 1 is 0.460 bits per heavy atom. The van der Waals surface area contributed by atoms with E-state index in [1.165, 1.54) is 0 Å². The van der Waals surface area contributed by atoms with Crippen LogP contribution in [0.15, 0.2) is 72.8 Å². The highest BCUT2D eigenvalue weighted by Gasteiger charge is 2.22. The number of hydrogen-bond acceptors (Lipinski definition) is 10. The van der Waals surface area contributed by atoms with Crippen molar-refractivity contribution in [3.8, 4) is 23.0 Å². The van der Waals surface area contributed by atoms with Gasteiger partial charge in [0, 0.05) is 25.7 Å². The molecule has 0 saturated carbocycles. The molecule has 0 heterocycles. The molecule has 262 valence electrons. The highest BCUT2D eigenvalue weighted by molar-refractivity contribution is 5.72. The third kappa shape index (κ3) is 8.93. The first-order valence-electron chi connectivity index (χ1n) is 16.8. The van der Waals surface area contributed by atoms with Gasteiger partial charge in [-0.05, 0) is 65.3 Å². The maximum atomic E-state index is 12.5. The zero-order valence-corrected chi connectivity index (χ0v) is 28.6. The number of benzene rings is 4. The molecular weight excluding hydrogens is 640 g/mol. The summed E-state index contributed by atoms with van der Waals surface area (Å²) in [6, 6.07) is 22.8. The highest BCUT2D eigenvalue weighted by Crippen LogP contribution is 2.38. The molecule has 50 heavy (non-hydrogen) atoms. The van der Waals surface area contributed by atoms with E-state index in [9.17, 15) is 19.5 Å². The summed E-state index contributed by atoms with van der Waals surface area (Å²) in [7, 11) is 0. The number of ether oxygens (including phenoxy) is 6. The maximum Gasteiger partial charge on any atom is 0.344 e. The molecule has 1 aliphatic carbocycles. The highest BCUT2D eigenvalue weighted by atomic mass is 16.6. The summed E-state index contributed by atoms with van der Waals surface area (Å²) in [6.07, 6.45) is 1.28. The fourth-order valence-corrected chi connectivity index (χ4v) is 6.06. The van der Waals surface area contributed by atoms with Crippen LogP contribution >= 0.6 is 0 Å². The number of para-hydroxylation sites is 4. The fourth-order valence-electron chi connectivity index (χ4n) is 6.06. The molecule has 0 aromatic heterocycles. The van der Waals surface area contributed by atoms with Crippen molar-refractivity contribution in [3.05, 3.63) is 117 Å². The van der Waals surface area contributed by atoms with Crippen LogP contribution in [0.1, 0.15) is 65.3 Å². The molecule has 0 spiro atoms. The van der Waals surface area contributed by atoms with Crippen LogP contribution in [-0.2, 0) is 54.3 Å². The van der Waals surface area contributed by atoms with Gasteiger partial charge in [-0.1, -0.05) is 72.8 Å². The lowest BCUT2D eigenvalue weighted by atomic mass is 9.91. The molecule has 0 unspecified atom stereocenters. The van der Waals surface area contributed by atoms with Gasteiger partial charge in [0.05, 0.1) is 19.8 Å².